The SMILES string of the molecule is CC1=CCC(=[C-]C=C2CC=C(C)C(N)=C2C)C(C)=C1N.[Br-].[Br-].[Ni+3]. The van der Waals surface area contributed by atoms with Gasteiger partial charge in [0.1, 0.15) is 0 Å². The van der Waals surface area contributed by atoms with E-state index in [1.165, 1.54) is 16.7 Å². The molecule has 5 heteroatoms. The Morgan fingerprint density at radius 3 is 1.91 bits per heavy atom. The third kappa shape index (κ3) is 5.51. The first-order valence-electron chi connectivity index (χ1n) is 7.01. The first kappa shape index (κ1) is 24.7. The minimum absolute atomic E-state index is 0. The molecule has 129 valence electrons. The van der Waals surface area contributed by atoms with Gasteiger partial charge in [0.05, 0.1) is 0 Å². The zero-order valence-corrected chi connectivity index (χ0v) is 18.0. The predicted molar refractivity (Wildman–Crippen MR) is 85.4 cm³/mol. The van der Waals surface area contributed by atoms with Crippen LogP contribution in [0.3, 0.4) is 0 Å². The summed E-state index contributed by atoms with van der Waals surface area (Å²) >= 11 is 0. The van der Waals surface area contributed by atoms with E-state index in [9.17, 15) is 0 Å². The van der Waals surface area contributed by atoms with Crippen molar-refractivity contribution in [1.82, 2.24) is 0 Å². The molecule has 0 aromatic heterocycles. The van der Waals surface area contributed by atoms with Gasteiger partial charge in [-0.05, 0) is 44.0 Å². The molecule has 23 heavy (non-hydrogen) atoms. The van der Waals surface area contributed by atoms with Gasteiger partial charge in [-0.15, -0.1) is 11.1 Å². The molecule has 2 rings (SSSR count). The zero-order valence-electron chi connectivity index (χ0n) is 13.9. The van der Waals surface area contributed by atoms with E-state index in [1.54, 1.807) is 0 Å². The maximum absolute atomic E-state index is 6.09. The van der Waals surface area contributed by atoms with Crippen molar-refractivity contribution in [1.29, 1.82) is 0 Å². The van der Waals surface area contributed by atoms with E-state index in [-0.39, 0.29) is 50.5 Å². The molecule has 0 amide bonds. The summed E-state index contributed by atoms with van der Waals surface area (Å²) in [7, 11) is 0. The van der Waals surface area contributed by atoms with Gasteiger partial charge in [-0.3, -0.25) is 0 Å². The van der Waals surface area contributed by atoms with Gasteiger partial charge in [0.2, 0.25) is 0 Å². The number of allylic oxidation sites excluding steroid dienone is 10. The van der Waals surface area contributed by atoms with Crippen molar-refractivity contribution in [3.8, 4) is 0 Å². The van der Waals surface area contributed by atoms with Crippen LogP contribution < -0.4 is 45.4 Å². The first-order valence-corrected chi connectivity index (χ1v) is 7.01. The number of nitrogens with two attached hydrogens (primary N) is 2. The van der Waals surface area contributed by atoms with Crippen molar-refractivity contribution < 1.29 is 50.5 Å². The van der Waals surface area contributed by atoms with Gasteiger partial charge in [0.15, 0.2) is 0 Å². The molecule has 0 fully saturated rings. The van der Waals surface area contributed by atoms with Gasteiger partial charge in [-0.25, -0.2) is 0 Å². The molecule has 0 spiro atoms. The summed E-state index contributed by atoms with van der Waals surface area (Å²) in [5, 5.41) is 0. The summed E-state index contributed by atoms with van der Waals surface area (Å²) in [6, 6.07) is 0. The summed E-state index contributed by atoms with van der Waals surface area (Å²) in [5.74, 6) is 0. The Balaban J connectivity index is 0. The summed E-state index contributed by atoms with van der Waals surface area (Å²) in [5.41, 5.74) is 21.0. The molecule has 0 bridgehead atoms. The van der Waals surface area contributed by atoms with E-state index in [0.29, 0.717) is 0 Å². The van der Waals surface area contributed by atoms with Crippen LogP contribution in [0.15, 0.2) is 63.1 Å². The fraction of sp³-hybridized carbons (Fsp3) is 0.333. The minimum atomic E-state index is 0. The number of hydrogen-bond donors (Lipinski definition) is 2. The molecule has 1 radical (unpaired) electrons. The maximum Gasteiger partial charge on any atom is 3.00 e. The van der Waals surface area contributed by atoms with Crippen LogP contribution in [0, 0.1) is 6.08 Å². The fourth-order valence-electron chi connectivity index (χ4n) is 2.48. The Hall–Kier alpha value is -0.506. The Labute approximate surface area is 171 Å². The second kappa shape index (κ2) is 10.4. The average molecular weight is 486 g/mol. The topological polar surface area (TPSA) is 52.0 Å². The van der Waals surface area contributed by atoms with Crippen LogP contribution in [0.1, 0.15) is 40.5 Å². The van der Waals surface area contributed by atoms with Crippen LogP contribution in [-0.2, 0) is 16.5 Å². The number of halogens is 2. The smallest absolute Gasteiger partial charge is 1.00 e. The molecule has 2 aliphatic rings. The van der Waals surface area contributed by atoms with Crippen LogP contribution in [0.5, 0.6) is 0 Å². The van der Waals surface area contributed by atoms with Gasteiger partial charge in [-0.2, -0.15) is 17.7 Å². The molecule has 0 heterocycles. The molecule has 0 saturated carbocycles. The van der Waals surface area contributed by atoms with Crippen molar-refractivity contribution in [3.05, 3.63) is 69.1 Å². The minimum Gasteiger partial charge on any atom is -1.00 e. The summed E-state index contributed by atoms with van der Waals surface area (Å²) in [4.78, 5) is 0. The predicted octanol–water partition coefficient (Wildman–Crippen LogP) is -2.19. The largest absolute Gasteiger partial charge is 3.00 e. The van der Waals surface area contributed by atoms with E-state index in [4.69, 9.17) is 11.5 Å². The van der Waals surface area contributed by atoms with Gasteiger partial charge >= 0.3 is 16.5 Å². The van der Waals surface area contributed by atoms with Crippen molar-refractivity contribution in [2.24, 2.45) is 11.5 Å². The molecule has 2 aliphatic carbocycles. The number of hydrogen-bond acceptors (Lipinski definition) is 2. The molecule has 4 N–H and O–H groups in total. The Kier molecular flexibility index (Phi) is 11.2. The van der Waals surface area contributed by atoms with Crippen LogP contribution in [0.4, 0.5) is 0 Å². The Morgan fingerprint density at radius 2 is 1.35 bits per heavy atom. The van der Waals surface area contributed by atoms with Crippen molar-refractivity contribution in [2.45, 2.75) is 40.5 Å². The third-order valence-corrected chi connectivity index (χ3v) is 4.25. The van der Waals surface area contributed by atoms with Gasteiger partial charge in [0.25, 0.3) is 0 Å². The number of rotatable bonds is 1. The van der Waals surface area contributed by atoms with Crippen LogP contribution in [0.25, 0.3) is 0 Å². The van der Waals surface area contributed by atoms with Gasteiger partial charge in [-0.1, -0.05) is 31.1 Å². The molecule has 0 aromatic carbocycles. The van der Waals surface area contributed by atoms with Crippen molar-refractivity contribution >= 4 is 0 Å². The normalized spacial score (nSPS) is 21.2. The fourth-order valence-corrected chi connectivity index (χ4v) is 2.48. The molecular weight excluding hydrogens is 463 g/mol. The first-order chi connectivity index (χ1) is 9.41. The molecule has 0 aliphatic heterocycles. The van der Waals surface area contributed by atoms with E-state index >= 15 is 0 Å². The van der Waals surface area contributed by atoms with Gasteiger partial charge in [0, 0.05) is 5.70 Å². The van der Waals surface area contributed by atoms with Crippen molar-refractivity contribution in [3.63, 3.8) is 0 Å². The average Bonchev–Trinajstić information content (AvgIpc) is 2.43. The molecule has 2 nitrogen and oxygen atoms in total. The molecule has 0 aromatic rings. The molecule has 0 saturated heterocycles. The summed E-state index contributed by atoms with van der Waals surface area (Å²) in [6.07, 6.45) is 11.6. The second-order valence-corrected chi connectivity index (χ2v) is 5.55. The van der Waals surface area contributed by atoms with Crippen molar-refractivity contribution in [2.75, 3.05) is 0 Å². The Bertz CT molecular complexity index is 579. The summed E-state index contributed by atoms with van der Waals surface area (Å²) in [6.45, 7) is 8.25. The second-order valence-electron chi connectivity index (χ2n) is 5.55. The summed E-state index contributed by atoms with van der Waals surface area (Å²) < 4.78 is 0. The maximum atomic E-state index is 6.09. The van der Waals surface area contributed by atoms with E-state index < -0.39 is 0 Å². The van der Waals surface area contributed by atoms with E-state index in [0.717, 1.165) is 41.0 Å². The van der Waals surface area contributed by atoms with Gasteiger partial charge < -0.3 is 45.4 Å². The Morgan fingerprint density at radius 1 is 0.870 bits per heavy atom. The standard InChI is InChI=1S/C18H23N2.2BrH.Ni/c1-11-5-7-15(13(3)17(11)19)9-10-16-8-6-12(2)18(20)14(16)4;;;/h5-6,9H,7-8,19-20H2,1-4H3;2*1H;/q-1;;;+3/p-2. The van der Waals surface area contributed by atoms with E-state index in [2.05, 4.69) is 52.0 Å². The van der Waals surface area contributed by atoms with Crippen LogP contribution in [-0.4, -0.2) is 0 Å². The van der Waals surface area contributed by atoms with E-state index in [1.807, 2.05) is 0 Å². The monoisotopic (exact) mass is 483 g/mol. The van der Waals surface area contributed by atoms with Crippen LogP contribution in [0.2, 0.25) is 0 Å². The molecular formula is C18H23Br2N2Ni. The molecule has 0 unspecified atom stereocenters. The molecule has 0 atom stereocenters. The van der Waals surface area contributed by atoms with Crippen LogP contribution >= 0.6 is 0 Å². The quantitative estimate of drug-likeness (QED) is 0.328. The third-order valence-electron chi connectivity index (χ3n) is 4.25. The zero-order chi connectivity index (χ0) is 14.9.